The van der Waals surface area contributed by atoms with Gasteiger partial charge < -0.3 is 10.1 Å². The van der Waals surface area contributed by atoms with E-state index in [1.54, 1.807) is 11.8 Å². The van der Waals surface area contributed by atoms with Gasteiger partial charge in [-0.25, -0.2) is 0 Å². The van der Waals surface area contributed by atoms with E-state index in [1.807, 2.05) is 60.7 Å². The molecule has 0 bridgehead atoms. The number of hydrogen-bond donors (Lipinski definition) is 1. The summed E-state index contributed by atoms with van der Waals surface area (Å²) in [5.74, 6) is 1.31. The van der Waals surface area contributed by atoms with Crippen LogP contribution in [0, 0.1) is 0 Å². The highest BCUT2D eigenvalue weighted by Crippen LogP contribution is 2.26. The molecule has 108 valence electrons. The molecule has 0 atom stereocenters. The summed E-state index contributed by atoms with van der Waals surface area (Å²) in [6.45, 7) is 3.69. The van der Waals surface area contributed by atoms with Gasteiger partial charge in [0.2, 0.25) is 0 Å². The third kappa shape index (κ3) is 5.00. The van der Waals surface area contributed by atoms with Crippen molar-refractivity contribution in [2.75, 3.05) is 17.7 Å². The summed E-state index contributed by atoms with van der Waals surface area (Å²) < 4.78 is 5.43. The Morgan fingerprint density at radius 2 is 1.86 bits per heavy atom. The zero-order valence-electron chi connectivity index (χ0n) is 11.6. The Morgan fingerprint density at radius 3 is 2.62 bits per heavy atom. The molecule has 1 N–H and O–H groups in total. The molecular formula is C17H17NO2S. The molecule has 2 rings (SSSR count). The van der Waals surface area contributed by atoms with Crippen molar-refractivity contribution in [2.45, 2.75) is 4.90 Å². The van der Waals surface area contributed by atoms with Crippen LogP contribution in [0.2, 0.25) is 0 Å². The van der Waals surface area contributed by atoms with Crippen molar-refractivity contribution < 1.29 is 9.53 Å². The summed E-state index contributed by atoms with van der Waals surface area (Å²) in [4.78, 5) is 13.0. The van der Waals surface area contributed by atoms with Crippen molar-refractivity contribution in [3.8, 4) is 5.75 Å². The lowest BCUT2D eigenvalue weighted by atomic mass is 10.3. The SMILES string of the molecule is C=CCSc1ccccc1NC(=O)COc1ccccc1. The minimum atomic E-state index is -0.175. The van der Waals surface area contributed by atoms with Crippen molar-refractivity contribution in [1.29, 1.82) is 0 Å². The second-order valence-corrected chi connectivity index (χ2v) is 5.31. The molecule has 0 aliphatic carbocycles. The third-order valence-corrected chi connectivity index (χ3v) is 3.70. The fourth-order valence-corrected chi connectivity index (χ4v) is 2.44. The molecule has 1 amide bonds. The number of rotatable bonds is 7. The van der Waals surface area contributed by atoms with Crippen LogP contribution < -0.4 is 10.1 Å². The maximum Gasteiger partial charge on any atom is 0.262 e. The zero-order chi connectivity index (χ0) is 14.9. The van der Waals surface area contributed by atoms with Crippen LogP contribution in [-0.4, -0.2) is 18.3 Å². The first-order valence-corrected chi connectivity index (χ1v) is 7.58. The summed E-state index contributed by atoms with van der Waals surface area (Å²) in [6, 6.07) is 17.0. The molecule has 0 unspecified atom stereocenters. The summed E-state index contributed by atoms with van der Waals surface area (Å²) in [5.41, 5.74) is 0.797. The molecular weight excluding hydrogens is 282 g/mol. The van der Waals surface area contributed by atoms with Crippen LogP contribution in [0.4, 0.5) is 5.69 Å². The smallest absolute Gasteiger partial charge is 0.262 e. The van der Waals surface area contributed by atoms with Crippen LogP contribution in [0.1, 0.15) is 0 Å². The normalized spacial score (nSPS) is 9.90. The van der Waals surface area contributed by atoms with E-state index in [0.29, 0.717) is 5.75 Å². The quantitative estimate of drug-likeness (QED) is 0.621. The van der Waals surface area contributed by atoms with Crippen LogP contribution >= 0.6 is 11.8 Å². The Labute approximate surface area is 129 Å². The van der Waals surface area contributed by atoms with Crippen molar-refractivity contribution in [3.63, 3.8) is 0 Å². The van der Waals surface area contributed by atoms with Gasteiger partial charge in [-0.05, 0) is 24.3 Å². The lowest BCUT2D eigenvalue weighted by molar-refractivity contribution is -0.118. The molecule has 0 fully saturated rings. The van der Waals surface area contributed by atoms with Crippen LogP contribution in [0.3, 0.4) is 0 Å². The third-order valence-electron chi connectivity index (χ3n) is 2.63. The molecule has 2 aromatic rings. The highest BCUT2D eigenvalue weighted by atomic mass is 32.2. The first kappa shape index (κ1) is 15.2. The summed E-state index contributed by atoms with van der Waals surface area (Å²) in [6.07, 6.45) is 1.84. The van der Waals surface area contributed by atoms with Gasteiger partial charge in [-0.2, -0.15) is 0 Å². The van der Waals surface area contributed by atoms with Gasteiger partial charge in [0.1, 0.15) is 5.75 Å². The Morgan fingerprint density at radius 1 is 1.14 bits per heavy atom. The van der Waals surface area contributed by atoms with Crippen LogP contribution in [-0.2, 0) is 4.79 Å². The van der Waals surface area contributed by atoms with Gasteiger partial charge in [-0.15, -0.1) is 18.3 Å². The highest BCUT2D eigenvalue weighted by Gasteiger charge is 2.07. The molecule has 4 heteroatoms. The number of carbonyl (C=O) groups is 1. The van der Waals surface area contributed by atoms with Crippen LogP contribution in [0.25, 0.3) is 0 Å². The molecule has 0 spiro atoms. The second-order valence-electron chi connectivity index (χ2n) is 4.25. The highest BCUT2D eigenvalue weighted by molar-refractivity contribution is 7.99. The molecule has 21 heavy (non-hydrogen) atoms. The van der Waals surface area contributed by atoms with Gasteiger partial charge in [0.15, 0.2) is 6.61 Å². The number of amides is 1. The van der Waals surface area contributed by atoms with Crippen LogP contribution in [0.15, 0.2) is 72.1 Å². The van der Waals surface area contributed by atoms with Crippen molar-refractivity contribution >= 4 is 23.4 Å². The summed E-state index contributed by atoms with van der Waals surface area (Å²) in [5, 5.41) is 2.87. The van der Waals surface area contributed by atoms with Gasteiger partial charge in [-0.3, -0.25) is 4.79 Å². The van der Waals surface area contributed by atoms with Crippen LogP contribution in [0.5, 0.6) is 5.75 Å². The van der Waals surface area contributed by atoms with Gasteiger partial charge in [0, 0.05) is 10.6 Å². The first-order chi connectivity index (χ1) is 10.3. The average Bonchev–Trinajstić information content (AvgIpc) is 2.53. The minimum Gasteiger partial charge on any atom is -0.484 e. The van der Waals surface area contributed by atoms with Crippen molar-refractivity contribution in [3.05, 3.63) is 67.3 Å². The molecule has 3 nitrogen and oxygen atoms in total. The molecule has 0 aliphatic heterocycles. The molecule has 0 aliphatic rings. The molecule has 0 saturated heterocycles. The zero-order valence-corrected chi connectivity index (χ0v) is 12.4. The Bertz CT molecular complexity index is 599. The van der Waals surface area contributed by atoms with Gasteiger partial charge in [-0.1, -0.05) is 36.4 Å². The number of hydrogen-bond acceptors (Lipinski definition) is 3. The Kier molecular flexibility index (Phi) is 5.91. The van der Waals surface area contributed by atoms with Crippen molar-refractivity contribution in [1.82, 2.24) is 0 Å². The maximum absolute atomic E-state index is 11.9. The average molecular weight is 299 g/mol. The number of ether oxygens (including phenoxy) is 1. The number of benzene rings is 2. The number of thioether (sulfide) groups is 1. The minimum absolute atomic E-state index is 0.00945. The topological polar surface area (TPSA) is 38.3 Å². The van der Waals surface area contributed by atoms with E-state index >= 15 is 0 Å². The number of carbonyl (C=O) groups excluding carboxylic acids is 1. The lowest BCUT2D eigenvalue weighted by Gasteiger charge is -2.10. The van der Waals surface area contributed by atoms with Gasteiger partial charge in [0.05, 0.1) is 5.69 Å². The monoisotopic (exact) mass is 299 g/mol. The van der Waals surface area contributed by atoms with E-state index in [-0.39, 0.29) is 12.5 Å². The maximum atomic E-state index is 11.9. The Hall–Kier alpha value is -2.20. The van der Waals surface area contributed by atoms with E-state index < -0.39 is 0 Å². The summed E-state index contributed by atoms with van der Waals surface area (Å²) >= 11 is 1.63. The van der Waals surface area contributed by atoms with Gasteiger partial charge >= 0.3 is 0 Å². The standard InChI is InChI=1S/C17H17NO2S/c1-2-12-21-16-11-7-6-10-15(16)18-17(19)13-20-14-8-4-3-5-9-14/h2-11H,1,12-13H2,(H,18,19). The molecule has 0 aromatic heterocycles. The predicted octanol–water partition coefficient (Wildman–Crippen LogP) is 3.98. The van der Waals surface area contributed by atoms with E-state index in [9.17, 15) is 4.79 Å². The fraction of sp³-hybridized carbons (Fsp3) is 0.118. The number of para-hydroxylation sites is 2. The van der Waals surface area contributed by atoms with E-state index in [4.69, 9.17) is 4.74 Å². The molecule has 0 radical (unpaired) electrons. The van der Waals surface area contributed by atoms with E-state index in [1.165, 1.54) is 0 Å². The van der Waals surface area contributed by atoms with E-state index in [2.05, 4.69) is 11.9 Å². The molecule has 0 saturated carbocycles. The number of anilines is 1. The fourth-order valence-electron chi connectivity index (χ4n) is 1.70. The number of nitrogens with one attached hydrogen (secondary N) is 1. The van der Waals surface area contributed by atoms with Crippen molar-refractivity contribution in [2.24, 2.45) is 0 Å². The Balaban J connectivity index is 1.91. The first-order valence-electron chi connectivity index (χ1n) is 6.60. The lowest BCUT2D eigenvalue weighted by Crippen LogP contribution is -2.20. The van der Waals surface area contributed by atoms with Gasteiger partial charge in [0.25, 0.3) is 5.91 Å². The van der Waals surface area contributed by atoms with E-state index in [0.717, 1.165) is 16.3 Å². The predicted molar refractivity (Wildman–Crippen MR) is 87.9 cm³/mol. The molecule has 2 aromatic carbocycles. The molecule has 0 heterocycles. The summed E-state index contributed by atoms with van der Waals surface area (Å²) in [7, 11) is 0. The second kappa shape index (κ2) is 8.17. The largest absolute Gasteiger partial charge is 0.484 e.